The van der Waals surface area contributed by atoms with Gasteiger partial charge in [0.1, 0.15) is 36.1 Å². The monoisotopic (exact) mass is 491 g/mol. The van der Waals surface area contributed by atoms with Crippen LogP contribution in [0.4, 0.5) is 5.82 Å². The minimum atomic E-state index is -1.51. The maximum Gasteiger partial charge on any atom is 0.222 e. The lowest BCUT2D eigenvalue weighted by Crippen LogP contribution is -2.42. The number of anilines is 1. The normalized spacial score (nSPS) is 29.6. The second kappa shape index (κ2) is 9.16. The largest absolute Gasteiger partial charge is 0.479 e. The highest BCUT2D eigenvalue weighted by molar-refractivity contribution is 5.82. The highest BCUT2D eigenvalue weighted by atomic mass is 16.6. The third-order valence-electron chi connectivity index (χ3n) is 7.51. The van der Waals surface area contributed by atoms with Gasteiger partial charge in [-0.3, -0.25) is 4.57 Å². The van der Waals surface area contributed by atoms with E-state index in [2.05, 4.69) is 25.0 Å². The van der Waals surface area contributed by atoms with Crippen LogP contribution < -0.4 is 5.73 Å². The number of hydrogen-bond acceptors (Lipinski definition) is 11. The number of imidazole rings is 1. The molecule has 0 spiro atoms. The second-order valence-corrected chi connectivity index (χ2v) is 9.94. The lowest BCUT2D eigenvalue weighted by atomic mass is 10.0. The third kappa shape index (κ3) is 3.83. The zero-order valence-corrected chi connectivity index (χ0v) is 21.4. The molecule has 35 heavy (non-hydrogen) atoms. The molecule has 0 radical (unpaired) electrons. The maximum absolute atomic E-state index is 11.7. The molecule has 12 heteroatoms. The van der Waals surface area contributed by atoms with Crippen LogP contribution in [0, 0.1) is 12.3 Å². The van der Waals surface area contributed by atoms with Gasteiger partial charge in [0.25, 0.3) is 0 Å². The van der Waals surface area contributed by atoms with Gasteiger partial charge in [-0.15, -0.1) is 0 Å². The molecular formula is C23H37N7O5. The van der Waals surface area contributed by atoms with Gasteiger partial charge in [-0.1, -0.05) is 19.0 Å². The molecule has 1 aliphatic carbocycles. The number of aliphatic hydroxyl groups is 2. The molecule has 2 aromatic heterocycles. The van der Waals surface area contributed by atoms with Crippen molar-refractivity contribution in [1.29, 1.82) is 0 Å². The van der Waals surface area contributed by atoms with E-state index < -0.39 is 28.9 Å². The first-order valence-electron chi connectivity index (χ1n) is 12.0. The van der Waals surface area contributed by atoms with Gasteiger partial charge in [-0.2, -0.15) is 0 Å². The summed E-state index contributed by atoms with van der Waals surface area (Å²) in [5.41, 5.74) is 3.18. The van der Waals surface area contributed by atoms with Crippen LogP contribution >= 0.6 is 0 Å². The van der Waals surface area contributed by atoms with Gasteiger partial charge in [0.05, 0.1) is 6.61 Å². The molecule has 0 aromatic carbocycles. The average Bonchev–Trinajstić information content (AvgIpc) is 3.05. The predicted octanol–water partition coefficient (Wildman–Crippen LogP) is 1.21. The van der Waals surface area contributed by atoms with E-state index in [0.29, 0.717) is 42.6 Å². The van der Waals surface area contributed by atoms with Gasteiger partial charge in [0, 0.05) is 18.9 Å². The third-order valence-corrected chi connectivity index (χ3v) is 7.51. The summed E-state index contributed by atoms with van der Waals surface area (Å²) in [6.45, 7) is 11.4. The summed E-state index contributed by atoms with van der Waals surface area (Å²) in [6.07, 6.45) is 1.59. The number of nitrogens with zero attached hydrogens (tertiary/aromatic N) is 6. The van der Waals surface area contributed by atoms with Gasteiger partial charge in [0.15, 0.2) is 23.2 Å². The Morgan fingerprint density at radius 2 is 2.03 bits per heavy atom. The summed E-state index contributed by atoms with van der Waals surface area (Å²) in [5, 5.41) is 27.3. The van der Waals surface area contributed by atoms with Crippen LogP contribution in [0.25, 0.3) is 11.2 Å². The maximum atomic E-state index is 11.7. The van der Waals surface area contributed by atoms with Gasteiger partial charge in [-0.25, -0.2) is 15.0 Å². The van der Waals surface area contributed by atoms with Crippen molar-refractivity contribution in [3.05, 3.63) is 12.2 Å². The molecule has 194 valence electrons. The van der Waals surface area contributed by atoms with Crippen LogP contribution in [0.2, 0.25) is 0 Å². The first kappa shape index (κ1) is 25.5. The summed E-state index contributed by atoms with van der Waals surface area (Å²) in [4.78, 5) is 20.2. The van der Waals surface area contributed by atoms with Crippen molar-refractivity contribution in [3.63, 3.8) is 0 Å². The van der Waals surface area contributed by atoms with Gasteiger partial charge >= 0.3 is 0 Å². The quantitative estimate of drug-likeness (QED) is 0.191. The van der Waals surface area contributed by atoms with Crippen molar-refractivity contribution in [1.82, 2.24) is 24.4 Å². The Morgan fingerprint density at radius 3 is 2.74 bits per heavy atom. The SMILES string of the molecule is CCO/C(C)=N\OCCCCN(C)C[C@H]1O[C@@H](n2c(C)nc3c(N)ncnc32)[C@]2(O)C(C)(C)[C@]12O. The van der Waals surface area contributed by atoms with Crippen molar-refractivity contribution in [2.75, 3.05) is 39.1 Å². The Labute approximate surface area is 205 Å². The highest BCUT2D eigenvalue weighted by Gasteiger charge is 2.92. The van der Waals surface area contributed by atoms with Crippen LogP contribution in [0.3, 0.4) is 0 Å². The molecule has 12 nitrogen and oxygen atoms in total. The lowest BCUT2D eigenvalue weighted by molar-refractivity contribution is -0.117. The predicted molar refractivity (Wildman–Crippen MR) is 129 cm³/mol. The van der Waals surface area contributed by atoms with Gasteiger partial charge < -0.3 is 35.2 Å². The van der Waals surface area contributed by atoms with E-state index in [9.17, 15) is 10.2 Å². The Hall–Kier alpha value is -2.54. The Bertz CT molecular complexity index is 1110. The number of nitrogens with two attached hydrogens (primary N) is 1. The molecule has 1 aliphatic heterocycles. The average molecular weight is 492 g/mol. The molecule has 2 aromatic rings. The summed E-state index contributed by atoms with van der Waals surface area (Å²) in [7, 11) is 1.97. The number of ether oxygens (including phenoxy) is 2. The van der Waals surface area contributed by atoms with Crippen LogP contribution in [-0.4, -0.2) is 91.2 Å². The smallest absolute Gasteiger partial charge is 0.222 e. The molecule has 3 heterocycles. The molecule has 1 saturated carbocycles. The number of unbranched alkanes of at least 4 members (excludes halogenated alkanes) is 1. The van der Waals surface area contributed by atoms with Crippen LogP contribution in [0.1, 0.15) is 52.6 Å². The summed E-state index contributed by atoms with van der Waals surface area (Å²) >= 11 is 0. The molecule has 0 bridgehead atoms. The fourth-order valence-electron chi connectivity index (χ4n) is 5.43. The van der Waals surface area contributed by atoms with E-state index in [0.717, 1.165) is 19.4 Å². The lowest BCUT2D eigenvalue weighted by Gasteiger charge is -2.30. The van der Waals surface area contributed by atoms with Crippen molar-refractivity contribution in [3.8, 4) is 0 Å². The Morgan fingerprint density at radius 1 is 1.29 bits per heavy atom. The van der Waals surface area contributed by atoms with Crippen molar-refractivity contribution < 1.29 is 24.5 Å². The van der Waals surface area contributed by atoms with E-state index in [-0.39, 0.29) is 5.82 Å². The molecule has 4 rings (SSSR count). The number of nitrogen functional groups attached to an aromatic ring is 1. The second-order valence-electron chi connectivity index (χ2n) is 9.94. The number of aryl methyl sites for hydroxylation is 1. The fraction of sp³-hybridized carbons (Fsp3) is 0.739. The topological polar surface area (TPSA) is 153 Å². The summed E-state index contributed by atoms with van der Waals surface area (Å²) < 4.78 is 13.3. The molecule has 0 amide bonds. The summed E-state index contributed by atoms with van der Waals surface area (Å²) in [6, 6.07) is 0. The molecule has 4 atom stereocenters. The molecular weight excluding hydrogens is 454 g/mol. The zero-order chi connectivity index (χ0) is 25.6. The number of oxime groups is 1. The van der Waals surface area contributed by atoms with Crippen LogP contribution in [-0.2, 0) is 14.3 Å². The highest BCUT2D eigenvalue weighted by Crippen LogP contribution is 2.75. The van der Waals surface area contributed by atoms with E-state index in [1.807, 2.05) is 27.8 Å². The van der Waals surface area contributed by atoms with Crippen molar-refractivity contribution in [2.24, 2.45) is 10.6 Å². The van der Waals surface area contributed by atoms with Gasteiger partial charge in [0.2, 0.25) is 5.90 Å². The Kier molecular flexibility index (Phi) is 6.68. The number of aromatic nitrogens is 4. The van der Waals surface area contributed by atoms with E-state index in [4.69, 9.17) is 20.0 Å². The molecule has 2 aliphatic rings. The van der Waals surface area contributed by atoms with Gasteiger partial charge in [-0.05, 0) is 40.3 Å². The van der Waals surface area contributed by atoms with E-state index in [1.165, 1.54) is 6.33 Å². The fourth-order valence-corrected chi connectivity index (χ4v) is 5.43. The number of likely N-dealkylation sites (N-methyl/N-ethyl adjacent to an activating group) is 1. The molecule has 4 N–H and O–H groups in total. The summed E-state index contributed by atoms with van der Waals surface area (Å²) in [5.74, 6) is 1.35. The van der Waals surface area contributed by atoms with E-state index in [1.54, 1.807) is 18.4 Å². The number of rotatable bonds is 10. The molecule has 0 unspecified atom stereocenters. The van der Waals surface area contributed by atoms with E-state index >= 15 is 0 Å². The van der Waals surface area contributed by atoms with Crippen molar-refractivity contribution in [2.45, 2.75) is 71.0 Å². The van der Waals surface area contributed by atoms with Crippen molar-refractivity contribution >= 4 is 22.9 Å². The standard InChI is InChI=1S/C23H37N7O5/c1-7-33-15(3)28-34-11-9-8-10-29(6)12-16-22(31)21(4,5)23(22,32)20(35-16)30-14(2)27-17-18(24)25-13-26-19(17)30/h13,16,20,31-32H,7-12H2,1-6H3,(H2,24,25,26)/b28-15-/t16-,20-,22-,23+/m1/s1. The zero-order valence-electron chi connectivity index (χ0n) is 21.4. The number of fused-ring (bicyclic) bond motifs is 2. The molecule has 2 fully saturated rings. The molecule has 1 saturated heterocycles. The van der Waals surface area contributed by atoms with Crippen LogP contribution in [0.5, 0.6) is 0 Å². The first-order valence-corrected chi connectivity index (χ1v) is 12.0. The minimum Gasteiger partial charge on any atom is -0.479 e. The Balaban J connectivity index is 1.42. The first-order chi connectivity index (χ1) is 16.5. The number of hydrogen-bond donors (Lipinski definition) is 3. The van der Waals surface area contributed by atoms with Crippen LogP contribution in [0.15, 0.2) is 11.5 Å². The minimum absolute atomic E-state index is 0.256.